The van der Waals surface area contributed by atoms with Crippen molar-refractivity contribution in [1.82, 2.24) is 5.32 Å². The molecule has 0 aliphatic carbocycles. The van der Waals surface area contributed by atoms with Crippen molar-refractivity contribution in [3.05, 3.63) is 21.9 Å². The number of rotatable bonds is 4. The van der Waals surface area contributed by atoms with E-state index in [1.165, 1.54) is 11.3 Å². The Balaban J connectivity index is 2.34. The van der Waals surface area contributed by atoms with Crippen LogP contribution in [-0.4, -0.2) is 17.8 Å². The molecule has 0 radical (unpaired) electrons. The summed E-state index contributed by atoms with van der Waals surface area (Å²) in [5.74, 6) is 0. The van der Waals surface area contributed by atoms with Gasteiger partial charge < -0.3 is 10.4 Å². The van der Waals surface area contributed by atoms with E-state index in [2.05, 4.69) is 11.4 Å². The van der Waals surface area contributed by atoms with Crippen molar-refractivity contribution in [3.63, 3.8) is 0 Å². The van der Waals surface area contributed by atoms with Gasteiger partial charge in [-0.25, -0.2) is 0 Å². The van der Waals surface area contributed by atoms with E-state index < -0.39 is 0 Å². The highest BCUT2D eigenvalue weighted by Gasteiger charge is 1.99. The normalized spacial score (nSPS) is 12.4. The van der Waals surface area contributed by atoms with E-state index >= 15 is 0 Å². The van der Waals surface area contributed by atoms with Gasteiger partial charge in [0.15, 0.2) is 0 Å². The van der Waals surface area contributed by atoms with Crippen LogP contribution in [0.4, 0.5) is 0 Å². The Labute approximate surface area is 81.6 Å². The lowest BCUT2D eigenvalue weighted by atomic mass is 10.4. The summed E-state index contributed by atoms with van der Waals surface area (Å²) in [6, 6.07) is 5.83. The SMILES string of the molecule is CC(O)CNCc1ccc(C#N)s1. The van der Waals surface area contributed by atoms with Crippen LogP contribution < -0.4 is 5.32 Å². The molecule has 0 aliphatic rings. The lowest BCUT2D eigenvalue weighted by molar-refractivity contribution is 0.191. The summed E-state index contributed by atoms with van der Waals surface area (Å²) >= 11 is 1.48. The zero-order chi connectivity index (χ0) is 9.68. The fourth-order valence-corrected chi connectivity index (χ4v) is 1.71. The second-order valence-corrected chi connectivity index (χ2v) is 4.03. The average Bonchev–Trinajstić information content (AvgIpc) is 2.52. The first kappa shape index (κ1) is 10.2. The average molecular weight is 196 g/mol. The van der Waals surface area contributed by atoms with Crippen molar-refractivity contribution in [2.45, 2.75) is 19.6 Å². The molecule has 0 aliphatic heterocycles. The van der Waals surface area contributed by atoms with Gasteiger partial charge in [0.25, 0.3) is 0 Å². The van der Waals surface area contributed by atoms with E-state index in [0.29, 0.717) is 6.54 Å². The molecule has 1 aromatic heterocycles. The van der Waals surface area contributed by atoms with Gasteiger partial charge in [0, 0.05) is 18.0 Å². The van der Waals surface area contributed by atoms with Crippen LogP contribution in [0.25, 0.3) is 0 Å². The first-order valence-corrected chi connectivity index (χ1v) is 4.91. The minimum absolute atomic E-state index is 0.324. The largest absolute Gasteiger partial charge is 0.392 e. The first-order valence-electron chi connectivity index (χ1n) is 4.10. The molecule has 2 N–H and O–H groups in total. The number of hydrogen-bond acceptors (Lipinski definition) is 4. The van der Waals surface area contributed by atoms with Gasteiger partial charge in [0.1, 0.15) is 10.9 Å². The topological polar surface area (TPSA) is 56.0 Å². The molecule has 1 heterocycles. The van der Waals surface area contributed by atoms with Crippen LogP contribution >= 0.6 is 11.3 Å². The van der Waals surface area contributed by atoms with E-state index in [4.69, 9.17) is 10.4 Å². The molecule has 1 unspecified atom stereocenters. The van der Waals surface area contributed by atoms with Gasteiger partial charge in [0.2, 0.25) is 0 Å². The van der Waals surface area contributed by atoms with Crippen LogP contribution in [0.3, 0.4) is 0 Å². The van der Waals surface area contributed by atoms with E-state index in [-0.39, 0.29) is 6.10 Å². The third kappa shape index (κ3) is 3.55. The van der Waals surface area contributed by atoms with Gasteiger partial charge in [0.05, 0.1) is 6.10 Å². The molecule has 0 saturated heterocycles. The Morgan fingerprint density at radius 2 is 2.46 bits per heavy atom. The number of nitrogens with one attached hydrogen (secondary N) is 1. The number of hydrogen-bond donors (Lipinski definition) is 2. The molecular weight excluding hydrogens is 184 g/mol. The van der Waals surface area contributed by atoms with Crippen LogP contribution in [0.5, 0.6) is 0 Å². The smallest absolute Gasteiger partial charge is 0.110 e. The second kappa shape index (κ2) is 4.97. The summed E-state index contributed by atoms with van der Waals surface area (Å²) in [5, 5.41) is 20.6. The molecule has 4 heteroatoms. The molecule has 0 amide bonds. The maximum absolute atomic E-state index is 8.97. The highest BCUT2D eigenvalue weighted by molar-refractivity contribution is 7.12. The van der Waals surface area contributed by atoms with Crippen LogP contribution in [0.15, 0.2) is 12.1 Å². The molecule has 1 atom stereocenters. The van der Waals surface area contributed by atoms with Crippen molar-refractivity contribution in [2.75, 3.05) is 6.54 Å². The van der Waals surface area contributed by atoms with Crippen molar-refractivity contribution < 1.29 is 5.11 Å². The number of thiophene rings is 1. The molecular formula is C9H12N2OS. The molecule has 0 spiro atoms. The number of nitrogens with zero attached hydrogens (tertiary/aromatic N) is 1. The van der Waals surface area contributed by atoms with Crippen LogP contribution in [-0.2, 0) is 6.54 Å². The lowest BCUT2D eigenvalue weighted by Crippen LogP contribution is -2.23. The Bertz CT molecular complexity index is 301. The quantitative estimate of drug-likeness (QED) is 0.758. The standard InChI is InChI=1S/C9H12N2OS/c1-7(12)5-11-6-9-3-2-8(4-10)13-9/h2-3,7,11-12H,5-6H2,1H3. The van der Waals surface area contributed by atoms with Crippen LogP contribution in [0, 0.1) is 11.3 Å². The molecule has 0 fully saturated rings. The van der Waals surface area contributed by atoms with Crippen molar-refractivity contribution >= 4 is 11.3 Å². The summed E-state index contributed by atoms with van der Waals surface area (Å²) in [6.07, 6.45) is -0.324. The Hall–Kier alpha value is -0.890. The summed E-state index contributed by atoms with van der Waals surface area (Å²) in [4.78, 5) is 1.85. The number of aliphatic hydroxyl groups excluding tert-OH is 1. The van der Waals surface area contributed by atoms with E-state index in [1.54, 1.807) is 6.92 Å². The maximum Gasteiger partial charge on any atom is 0.110 e. The van der Waals surface area contributed by atoms with Gasteiger partial charge in [-0.05, 0) is 19.1 Å². The van der Waals surface area contributed by atoms with Crippen molar-refractivity contribution in [1.29, 1.82) is 5.26 Å². The van der Waals surface area contributed by atoms with E-state index in [0.717, 1.165) is 16.3 Å². The monoisotopic (exact) mass is 196 g/mol. The van der Waals surface area contributed by atoms with Gasteiger partial charge >= 0.3 is 0 Å². The molecule has 0 aromatic carbocycles. The lowest BCUT2D eigenvalue weighted by Gasteiger charge is -2.04. The molecule has 0 saturated carbocycles. The molecule has 70 valence electrons. The Morgan fingerprint density at radius 1 is 1.69 bits per heavy atom. The number of aliphatic hydroxyl groups is 1. The van der Waals surface area contributed by atoms with Crippen molar-refractivity contribution in [3.8, 4) is 6.07 Å². The first-order chi connectivity index (χ1) is 6.22. The molecule has 0 bridgehead atoms. The Morgan fingerprint density at radius 3 is 3.00 bits per heavy atom. The van der Waals surface area contributed by atoms with E-state index in [9.17, 15) is 0 Å². The van der Waals surface area contributed by atoms with Crippen LogP contribution in [0.2, 0.25) is 0 Å². The molecule has 1 aromatic rings. The highest BCUT2D eigenvalue weighted by Crippen LogP contribution is 2.14. The predicted octanol–water partition coefficient (Wildman–Crippen LogP) is 1.09. The second-order valence-electron chi connectivity index (χ2n) is 2.86. The molecule has 3 nitrogen and oxygen atoms in total. The minimum atomic E-state index is -0.324. The Kier molecular flexibility index (Phi) is 3.90. The summed E-state index contributed by atoms with van der Waals surface area (Å²) in [7, 11) is 0. The summed E-state index contributed by atoms with van der Waals surface area (Å²) in [5.41, 5.74) is 0. The minimum Gasteiger partial charge on any atom is -0.392 e. The zero-order valence-corrected chi connectivity index (χ0v) is 8.27. The van der Waals surface area contributed by atoms with E-state index in [1.807, 2.05) is 12.1 Å². The maximum atomic E-state index is 8.97. The third-order valence-corrected chi connectivity index (χ3v) is 2.50. The van der Waals surface area contributed by atoms with Crippen LogP contribution in [0.1, 0.15) is 16.7 Å². The molecule has 1 rings (SSSR count). The number of nitriles is 1. The summed E-state index contributed by atoms with van der Waals surface area (Å²) in [6.45, 7) is 3.04. The van der Waals surface area contributed by atoms with Gasteiger partial charge in [-0.3, -0.25) is 0 Å². The fourth-order valence-electron chi connectivity index (χ4n) is 0.937. The van der Waals surface area contributed by atoms with Crippen molar-refractivity contribution in [2.24, 2.45) is 0 Å². The zero-order valence-electron chi connectivity index (χ0n) is 7.45. The highest BCUT2D eigenvalue weighted by atomic mass is 32.1. The predicted molar refractivity (Wildman–Crippen MR) is 52.4 cm³/mol. The fraction of sp³-hybridized carbons (Fsp3) is 0.444. The third-order valence-electron chi connectivity index (χ3n) is 1.51. The summed E-state index contributed by atoms with van der Waals surface area (Å²) < 4.78 is 0. The molecule has 13 heavy (non-hydrogen) atoms. The van der Waals surface area contributed by atoms with Gasteiger partial charge in [-0.1, -0.05) is 0 Å². The van der Waals surface area contributed by atoms with Gasteiger partial charge in [-0.15, -0.1) is 11.3 Å². The van der Waals surface area contributed by atoms with Gasteiger partial charge in [-0.2, -0.15) is 5.26 Å².